The third kappa shape index (κ3) is 2.67. The zero-order chi connectivity index (χ0) is 13.9. The number of rotatable bonds is 3. The third-order valence-corrected chi connectivity index (χ3v) is 4.56. The number of nitrogens with zero attached hydrogens (tertiary/aromatic N) is 2. The van der Waals surface area contributed by atoms with Gasteiger partial charge in [0, 0.05) is 6.54 Å². The lowest BCUT2D eigenvalue weighted by atomic mass is 9.90. The lowest BCUT2D eigenvalue weighted by Gasteiger charge is -2.45. The van der Waals surface area contributed by atoms with E-state index in [0.29, 0.717) is 18.6 Å². The predicted molar refractivity (Wildman–Crippen MR) is 78.8 cm³/mol. The van der Waals surface area contributed by atoms with Crippen LogP contribution in [0.2, 0.25) is 0 Å². The maximum absolute atomic E-state index is 9.82. The van der Waals surface area contributed by atoms with E-state index in [2.05, 4.69) is 16.0 Å². The van der Waals surface area contributed by atoms with Gasteiger partial charge < -0.3 is 14.7 Å². The van der Waals surface area contributed by atoms with Crippen LogP contribution in [-0.2, 0) is 4.74 Å². The molecule has 0 bridgehead atoms. The van der Waals surface area contributed by atoms with Crippen molar-refractivity contribution >= 4 is 5.69 Å². The molecular weight excluding hydrogens is 252 g/mol. The highest BCUT2D eigenvalue weighted by Crippen LogP contribution is 2.32. The fourth-order valence-corrected chi connectivity index (χ4v) is 3.39. The summed E-state index contributed by atoms with van der Waals surface area (Å²) in [5.74, 6) is 0. The molecule has 0 spiro atoms. The van der Waals surface area contributed by atoms with Gasteiger partial charge in [-0.2, -0.15) is 0 Å². The third-order valence-electron chi connectivity index (χ3n) is 4.56. The number of anilines is 1. The van der Waals surface area contributed by atoms with Gasteiger partial charge in [0.05, 0.1) is 42.4 Å². The molecule has 110 valence electrons. The van der Waals surface area contributed by atoms with Gasteiger partial charge in [0.25, 0.3) is 0 Å². The van der Waals surface area contributed by atoms with E-state index in [0.717, 1.165) is 24.5 Å². The Kier molecular flexibility index (Phi) is 4.22. The van der Waals surface area contributed by atoms with Gasteiger partial charge >= 0.3 is 0 Å². The number of aliphatic hydroxyl groups excluding tert-OH is 1. The summed E-state index contributed by atoms with van der Waals surface area (Å²) in [5, 5.41) is 9.82. The van der Waals surface area contributed by atoms with Gasteiger partial charge in [-0.05, 0) is 31.4 Å². The van der Waals surface area contributed by atoms with Gasteiger partial charge in [-0.25, -0.2) is 0 Å². The molecule has 2 heterocycles. The lowest BCUT2D eigenvalue weighted by Crippen LogP contribution is -2.52. The molecule has 3 atom stereocenters. The molecule has 2 unspecified atom stereocenters. The highest BCUT2D eigenvalue weighted by Gasteiger charge is 2.34. The van der Waals surface area contributed by atoms with E-state index in [1.165, 1.54) is 25.7 Å². The van der Waals surface area contributed by atoms with Gasteiger partial charge in [-0.3, -0.25) is 4.98 Å². The van der Waals surface area contributed by atoms with E-state index in [9.17, 15) is 5.11 Å². The Labute approximate surface area is 120 Å². The second kappa shape index (κ2) is 6.10. The predicted octanol–water partition coefficient (Wildman–Crippen LogP) is 2.67. The summed E-state index contributed by atoms with van der Waals surface area (Å²) < 4.78 is 5.91. The first-order chi connectivity index (χ1) is 9.79. The largest absolute Gasteiger partial charge is 0.387 e. The summed E-state index contributed by atoms with van der Waals surface area (Å²) in [6.45, 7) is 3.72. The maximum atomic E-state index is 9.82. The van der Waals surface area contributed by atoms with E-state index in [-0.39, 0.29) is 0 Å². The minimum absolute atomic E-state index is 0.387. The Balaban J connectivity index is 1.77. The van der Waals surface area contributed by atoms with Crippen LogP contribution in [0.4, 0.5) is 5.69 Å². The molecule has 0 aromatic carbocycles. The van der Waals surface area contributed by atoms with E-state index in [1.807, 2.05) is 19.2 Å². The fraction of sp³-hybridized carbons (Fsp3) is 0.688. The first-order valence-electron chi connectivity index (χ1n) is 7.82. The van der Waals surface area contributed by atoms with Crippen LogP contribution in [0.1, 0.15) is 50.8 Å². The van der Waals surface area contributed by atoms with Gasteiger partial charge in [0.1, 0.15) is 0 Å². The van der Waals surface area contributed by atoms with Crippen molar-refractivity contribution in [3.8, 4) is 0 Å². The number of hydrogen-bond donors (Lipinski definition) is 1. The molecule has 20 heavy (non-hydrogen) atoms. The van der Waals surface area contributed by atoms with Crippen LogP contribution in [0.25, 0.3) is 0 Å². The fourth-order valence-electron chi connectivity index (χ4n) is 3.39. The molecule has 0 radical (unpaired) electrons. The van der Waals surface area contributed by atoms with Gasteiger partial charge in [0.2, 0.25) is 0 Å². The van der Waals surface area contributed by atoms with Crippen LogP contribution in [0.5, 0.6) is 0 Å². The Hall–Kier alpha value is -1.13. The van der Waals surface area contributed by atoms with Gasteiger partial charge in [-0.15, -0.1) is 0 Å². The number of morpholine rings is 1. The number of aromatic nitrogens is 1. The minimum atomic E-state index is -0.448. The summed E-state index contributed by atoms with van der Waals surface area (Å²) in [4.78, 5) is 6.88. The van der Waals surface area contributed by atoms with E-state index in [4.69, 9.17) is 4.74 Å². The van der Waals surface area contributed by atoms with Gasteiger partial charge in [-0.1, -0.05) is 19.8 Å². The van der Waals surface area contributed by atoms with Crippen molar-refractivity contribution in [1.29, 1.82) is 0 Å². The highest BCUT2D eigenvalue weighted by atomic mass is 16.5. The molecule has 3 rings (SSSR count). The molecule has 1 aliphatic heterocycles. The van der Waals surface area contributed by atoms with Crippen molar-refractivity contribution in [2.24, 2.45) is 0 Å². The van der Waals surface area contributed by atoms with Crippen LogP contribution in [0, 0.1) is 0 Å². The van der Waals surface area contributed by atoms with Crippen molar-refractivity contribution in [2.75, 3.05) is 18.1 Å². The number of fused-ring (bicyclic) bond motifs is 1. The second-order valence-electron chi connectivity index (χ2n) is 5.82. The average Bonchev–Trinajstić information content (AvgIpc) is 2.54. The molecule has 1 saturated heterocycles. The Bertz CT molecular complexity index is 433. The summed E-state index contributed by atoms with van der Waals surface area (Å²) in [5.41, 5.74) is 1.93. The van der Waals surface area contributed by atoms with Crippen molar-refractivity contribution in [3.05, 3.63) is 24.0 Å². The van der Waals surface area contributed by atoms with E-state index in [1.54, 1.807) is 0 Å². The molecule has 1 aromatic heterocycles. The molecule has 1 aliphatic carbocycles. The van der Waals surface area contributed by atoms with Crippen molar-refractivity contribution in [2.45, 2.75) is 57.3 Å². The Morgan fingerprint density at radius 3 is 3.00 bits per heavy atom. The smallest absolute Gasteiger partial charge is 0.0957 e. The second-order valence-corrected chi connectivity index (χ2v) is 5.82. The molecule has 4 nitrogen and oxygen atoms in total. The van der Waals surface area contributed by atoms with Crippen LogP contribution < -0.4 is 4.90 Å². The average molecular weight is 276 g/mol. The molecule has 2 aliphatic rings. The monoisotopic (exact) mass is 276 g/mol. The quantitative estimate of drug-likeness (QED) is 0.922. The van der Waals surface area contributed by atoms with E-state index < -0.39 is 6.10 Å². The lowest BCUT2D eigenvalue weighted by molar-refractivity contribution is -0.00870. The van der Waals surface area contributed by atoms with Crippen molar-refractivity contribution in [3.63, 3.8) is 0 Å². The van der Waals surface area contributed by atoms with Crippen molar-refractivity contribution in [1.82, 2.24) is 4.98 Å². The molecule has 1 N–H and O–H groups in total. The van der Waals surface area contributed by atoms with Crippen molar-refractivity contribution < 1.29 is 9.84 Å². The highest BCUT2D eigenvalue weighted by molar-refractivity contribution is 5.47. The molecule has 1 saturated carbocycles. The summed E-state index contributed by atoms with van der Waals surface area (Å²) >= 11 is 0. The zero-order valence-corrected chi connectivity index (χ0v) is 12.2. The van der Waals surface area contributed by atoms with Crippen LogP contribution in [0.3, 0.4) is 0 Å². The van der Waals surface area contributed by atoms with Crippen LogP contribution in [-0.4, -0.2) is 35.4 Å². The van der Waals surface area contributed by atoms with Crippen LogP contribution >= 0.6 is 0 Å². The SMILES string of the molecule is CC[C@@H](O)c1ccc(N2CCOC3CCCCC32)cn1. The number of aliphatic hydroxyl groups is 1. The maximum Gasteiger partial charge on any atom is 0.0957 e. The molecule has 0 amide bonds. The molecular formula is C16H24N2O2. The summed E-state index contributed by atoms with van der Waals surface area (Å²) in [6.07, 6.45) is 7.52. The van der Waals surface area contributed by atoms with Crippen LogP contribution in [0.15, 0.2) is 18.3 Å². The number of pyridine rings is 1. The topological polar surface area (TPSA) is 45.6 Å². The first kappa shape index (κ1) is 13.8. The first-order valence-corrected chi connectivity index (χ1v) is 7.82. The minimum Gasteiger partial charge on any atom is -0.387 e. The van der Waals surface area contributed by atoms with E-state index >= 15 is 0 Å². The summed E-state index contributed by atoms with van der Waals surface area (Å²) in [7, 11) is 0. The standard InChI is InChI=1S/C16H24N2O2/c1-2-15(19)13-8-7-12(11-17-13)18-9-10-20-16-6-4-3-5-14(16)18/h7-8,11,14-16,19H,2-6,9-10H2,1H3/t14?,15-,16?/m1/s1. The normalized spacial score (nSPS) is 28.0. The number of ether oxygens (including phenoxy) is 1. The Morgan fingerprint density at radius 2 is 2.25 bits per heavy atom. The molecule has 2 fully saturated rings. The molecule has 4 heteroatoms. The zero-order valence-electron chi connectivity index (χ0n) is 12.2. The Morgan fingerprint density at radius 1 is 1.40 bits per heavy atom. The van der Waals surface area contributed by atoms with Gasteiger partial charge in [0.15, 0.2) is 0 Å². The summed E-state index contributed by atoms with van der Waals surface area (Å²) in [6, 6.07) is 4.55. The number of hydrogen-bond acceptors (Lipinski definition) is 4. The molecule has 1 aromatic rings.